The smallest absolute Gasteiger partial charge is 0.131 e. The summed E-state index contributed by atoms with van der Waals surface area (Å²) in [4.78, 5) is 4.99. The monoisotopic (exact) mass is 563 g/mol. The van der Waals surface area contributed by atoms with Crippen LogP contribution in [0.1, 0.15) is 16.7 Å². The van der Waals surface area contributed by atoms with Crippen LogP contribution in [0.15, 0.2) is 121 Å². The number of aryl methyl sites for hydroxylation is 1. The molecule has 2 aliphatic heterocycles. The van der Waals surface area contributed by atoms with Gasteiger partial charge in [-0.05, 0) is 66.1 Å². The Morgan fingerprint density at radius 3 is 2.12 bits per heavy atom. The van der Waals surface area contributed by atoms with Crippen molar-refractivity contribution < 1.29 is 0 Å². The van der Waals surface area contributed by atoms with Gasteiger partial charge >= 0.3 is 0 Å². The average molecular weight is 564 g/mol. The summed E-state index contributed by atoms with van der Waals surface area (Å²) in [6, 6.07) is 38.4. The van der Waals surface area contributed by atoms with Crippen LogP contribution in [0, 0.1) is 6.92 Å². The molecule has 4 aromatic carbocycles. The Balaban J connectivity index is 1.16. The topological polar surface area (TPSA) is 33.8 Å². The van der Waals surface area contributed by atoms with E-state index in [0.717, 1.165) is 56.5 Å². The van der Waals surface area contributed by atoms with Gasteiger partial charge in [0.15, 0.2) is 0 Å². The summed E-state index contributed by atoms with van der Waals surface area (Å²) < 4.78 is 0. The molecule has 6 rings (SSSR count). The molecule has 1 fully saturated rings. The predicted molar refractivity (Wildman–Crippen MR) is 172 cm³/mol. The molecular formula is C35H38ClN5. The summed E-state index contributed by atoms with van der Waals surface area (Å²) in [5.41, 5.74) is 10.7. The summed E-state index contributed by atoms with van der Waals surface area (Å²) in [7, 11) is 0. The van der Waals surface area contributed by atoms with Gasteiger partial charge in [0, 0.05) is 62.2 Å². The zero-order valence-electron chi connectivity index (χ0n) is 23.6. The largest absolute Gasteiger partial charge is 0.369 e. The first-order valence-corrected chi connectivity index (χ1v) is 14.9. The van der Waals surface area contributed by atoms with Crippen molar-refractivity contribution in [2.45, 2.75) is 12.5 Å². The van der Waals surface area contributed by atoms with Crippen molar-refractivity contribution in [3.63, 3.8) is 0 Å². The van der Waals surface area contributed by atoms with Crippen molar-refractivity contribution in [3.8, 4) is 0 Å². The molecule has 5 nitrogen and oxygen atoms in total. The normalized spacial score (nSPS) is 19.2. The first-order chi connectivity index (χ1) is 20.1. The molecule has 1 unspecified atom stereocenters. The van der Waals surface area contributed by atoms with E-state index < -0.39 is 5.54 Å². The number of halogens is 1. The Hall–Kier alpha value is -3.77. The zero-order valence-corrected chi connectivity index (χ0v) is 24.4. The van der Waals surface area contributed by atoms with E-state index in [-0.39, 0.29) is 0 Å². The van der Waals surface area contributed by atoms with Crippen LogP contribution in [0.25, 0.3) is 0 Å². The van der Waals surface area contributed by atoms with E-state index in [2.05, 4.69) is 136 Å². The van der Waals surface area contributed by atoms with E-state index in [9.17, 15) is 0 Å². The first-order valence-electron chi connectivity index (χ1n) is 14.5. The average Bonchev–Trinajstić information content (AvgIpc) is 3.41. The third-order valence-electron chi connectivity index (χ3n) is 8.26. The van der Waals surface area contributed by atoms with Crippen LogP contribution in [-0.2, 0) is 5.54 Å². The number of hydrazine groups is 1. The van der Waals surface area contributed by atoms with Crippen LogP contribution in [0.5, 0.6) is 0 Å². The fraction of sp³-hybridized carbons (Fsp3) is 0.257. The lowest BCUT2D eigenvalue weighted by Gasteiger charge is -2.40. The van der Waals surface area contributed by atoms with Gasteiger partial charge in [0.05, 0.1) is 5.69 Å². The van der Waals surface area contributed by atoms with E-state index in [0.29, 0.717) is 0 Å². The van der Waals surface area contributed by atoms with Crippen molar-refractivity contribution in [1.29, 1.82) is 0 Å². The number of benzene rings is 4. The Morgan fingerprint density at radius 2 is 1.41 bits per heavy atom. The minimum atomic E-state index is -0.469. The summed E-state index contributed by atoms with van der Waals surface area (Å²) in [5, 5.41) is 6.84. The van der Waals surface area contributed by atoms with Crippen LogP contribution >= 0.6 is 11.6 Å². The highest BCUT2D eigenvalue weighted by Crippen LogP contribution is 2.44. The highest BCUT2D eigenvalue weighted by atomic mass is 35.5. The molecule has 0 aliphatic carbocycles. The number of nitrogens with one attached hydrogen (secondary N) is 2. The Kier molecular flexibility index (Phi) is 8.28. The van der Waals surface area contributed by atoms with Gasteiger partial charge in [-0.25, -0.2) is 0 Å². The van der Waals surface area contributed by atoms with Gasteiger partial charge in [-0.2, -0.15) is 0 Å². The number of para-hydroxylation sites is 1. The molecule has 210 valence electrons. The Morgan fingerprint density at radius 1 is 0.756 bits per heavy atom. The number of rotatable bonds is 9. The van der Waals surface area contributed by atoms with E-state index in [1.807, 2.05) is 12.1 Å². The molecule has 0 radical (unpaired) electrons. The number of anilines is 2. The first kappa shape index (κ1) is 27.4. The van der Waals surface area contributed by atoms with Gasteiger partial charge in [-0.3, -0.25) is 15.3 Å². The molecule has 1 atom stereocenters. The van der Waals surface area contributed by atoms with Gasteiger partial charge in [0.1, 0.15) is 5.54 Å². The molecule has 2 aliphatic rings. The standard InChI is InChI=1S/C35H38ClN5/c1-28-10-8-9-15-34(28)35(29-11-4-2-5-12-29)26-31(38-41(35)33-13-6-3-7-14-33)27-37-20-21-39-22-24-40(25-23-39)32-18-16-30(36)17-19-32/h2-19,26,37-38H,20-25,27H2,1H3. The zero-order chi connectivity index (χ0) is 28.1. The van der Waals surface area contributed by atoms with Crippen molar-refractivity contribution in [2.24, 2.45) is 0 Å². The molecule has 0 spiro atoms. The molecule has 2 heterocycles. The molecule has 0 amide bonds. The number of nitrogens with zero attached hydrogens (tertiary/aromatic N) is 3. The van der Waals surface area contributed by atoms with Gasteiger partial charge in [0.2, 0.25) is 0 Å². The number of hydrogen-bond acceptors (Lipinski definition) is 5. The maximum atomic E-state index is 6.07. The fourth-order valence-electron chi connectivity index (χ4n) is 6.12. The minimum absolute atomic E-state index is 0.469. The minimum Gasteiger partial charge on any atom is -0.369 e. The van der Waals surface area contributed by atoms with Crippen LogP contribution in [-0.4, -0.2) is 50.7 Å². The highest BCUT2D eigenvalue weighted by molar-refractivity contribution is 6.30. The summed E-state index contributed by atoms with van der Waals surface area (Å²) >= 11 is 6.07. The van der Waals surface area contributed by atoms with Gasteiger partial charge in [-0.1, -0.05) is 84.4 Å². The molecule has 2 N–H and O–H groups in total. The van der Waals surface area contributed by atoms with Gasteiger partial charge in [-0.15, -0.1) is 0 Å². The third kappa shape index (κ3) is 5.84. The molecule has 41 heavy (non-hydrogen) atoms. The molecule has 0 saturated carbocycles. The van der Waals surface area contributed by atoms with Crippen molar-refractivity contribution >= 4 is 23.0 Å². The van der Waals surface area contributed by atoms with Gasteiger partial charge in [0.25, 0.3) is 0 Å². The van der Waals surface area contributed by atoms with Crippen molar-refractivity contribution in [2.75, 3.05) is 55.7 Å². The number of piperazine rings is 1. The Bertz CT molecular complexity index is 1450. The summed E-state index contributed by atoms with van der Waals surface area (Å²) in [6.07, 6.45) is 2.41. The highest BCUT2D eigenvalue weighted by Gasteiger charge is 2.44. The van der Waals surface area contributed by atoms with E-state index >= 15 is 0 Å². The maximum Gasteiger partial charge on any atom is 0.131 e. The Labute approximate surface area is 249 Å². The third-order valence-corrected chi connectivity index (χ3v) is 8.51. The summed E-state index contributed by atoms with van der Waals surface area (Å²) in [6.45, 7) is 9.16. The van der Waals surface area contributed by atoms with Crippen LogP contribution < -0.4 is 20.7 Å². The molecule has 1 saturated heterocycles. The second kappa shape index (κ2) is 12.4. The second-order valence-electron chi connectivity index (χ2n) is 10.9. The molecule has 6 heteroatoms. The maximum absolute atomic E-state index is 6.07. The lowest BCUT2D eigenvalue weighted by Crippen LogP contribution is -2.49. The number of hydrogen-bond donors (Lipinski definition) is 2. The molecular weight excluding hydrogens is 526 g/mol. The van der Waals surface area contributed by atoms with Crippen molar-refractivity contribution in [3.05, 3.63) is 143 Å². The SMILES string of the molecule is Cc1ccccc1C1(c2ccccc2)C=C(CNCCN2CCN(c3ccc(Cl)cc3)CC2)NN1c1ccccc1. The molecule has 4 aromatic rings. The predicted octanol–water partition coefficient (Wildman–Crippen LogP) is 6.21. The molecule has 0 bridgehead atoms. The van der Waals surface area contributed by atoms with E-state index in [1.54, 1.807) is 0 Å². The second-order valence-corrected chi connectivity index (χ2v) is 11.3. The van der Waals surface area contributed by atoms with Crippen LogP contribution in [0.3, 0.4) is 0 Å². The van der Waals surface area contributed by atoms with E-state index in [1.165, 1.54) is 28.1 Å². The van der Waals surface area contributed by atoms with E-state index in [4.69, 9.17) is 11.6 Å². The fourth-order valence-corrected chi connectivity index (χ4v) is 6.24. The van der Waals surface area contributed by atoms with Gasteiger partial charge < -0.3 is 10.2 Å². The lowest BCUT2D eigenvalue weighted by molar-refractivity contribution is 0.258. The lowest BCUT2D eigenvalue weighted by atomic mass is 9.80. The van der Waals surface area contributed by atoms with Crippen molar-refractivity contribution in [1.82, 2.24) is 15.6 Å². The van der Waals surface area contributed by atoms with Crippen LogP contribution in [0.2, 0.25) is 5.02 Å². The molecule has 0 aromatic heterocycles. The quantitative estimate of drug-likeness (QED) is 0.237. The summed E-state index contributed by atoms with van der Waals surface area (Å²) in [5.74, 6) is 0. The van der Waals surface area contributed by atoms with Crippen LogP contribution in [0.4, 0.5) is 11.4 Å².